The van der Waals surface area contributed by atoms with Crippen molar-refractivity contribution in [1.82, 2.24) is 4.90 Å². The van der Waals surface area contributed by atoms with Crippen molar-refractivity contribution in [2.45, 2.75) is 38.0 Å². The van der Waals surface area contributed by atoms with Crippen molar-refractivity contribution in [3.63, 3.8) is 0 Å². The molecule has 0 fully saturated rings. The van der Waals surface area contributed by atoms with Gasteiger partial charge in [0.2, 0.25) is 11.8 Å². The summed E-state index contributed by atoms with van der Waals surface area (Å²) >= 11 is 3.63. The average molecular weight is 563 g/mol. The highest BCUT2D eigenvalue weighted by Crippen LogP contribution is 2.47. The molecular formula is C29H27BrN2O5. The minimum Gasteiger partial charge on any atom is -0.494 e. The Hall–Kier alpha value is -3.49. The van der Waals surface area contributed by atoms with Gasteiger partial charge in [0, 0.05) is 42.0 Å². The van der Waals surface area contributed by atoms with E-state index in [1.165, 1.54) is 11.8 Å². The monoisotopic (exact) mass is 562 g/mol. The molecule has 3 aromatic rings. The third-order valence-corrected chi connectivity index (χ3v) is 7.45. The highest BCUT2D eigenvalue weighted by atomic mass is 79.9. The molecule has 0 aliphatic carbocycles. The summed E-state index contributed by atoms with van der Waals surface area (Å²) in [7, 11) is 0. The van der Waals surface area contributed by atoms with Crippen LogP contribution >= 0.6 is 15.9 Å². The summed E-state index contributed by atoms with van der Waals surface area (Å²) in [5.74, 6) is 0.282. The Labute approximate surface area is 223 Å². The van der Waals surface area contributed by atoms with Crippen LogP contribution in [0, 0.1) is 0 Å². The van der Waals surface area contributed by atoms with Crippen LogP contribution in [0.1, 0.15) is 41.7 Å². The molecule has 8 heteroatoms. The van der Waals surface area contributed by atoms with Crippen molar-refractivity contribution in [3.05, 3.63) is 99.5 Å². The SMILES string of the molecule is CC(=O)N1Cc2ccccc2C[C@]2(N=C(c3ccc(OCCCO)cc3)O[C@@H]2c2ccccc2Br)C1=O. The number of fused-ring (bicyclic) bond motifs is 1. The van der Waals surface area contributed by atoms with Crippen LogP contribution in [0.3, 0.4) is 0 Å². The van der Waals surface area contributed by atoms with Crippen LogP contribution in [0.15, 0.2) is 82.3 Å². The summed E-state index contributed by atoms with van der Waals surface area (Å²) in [6, 6.07) is 22.7. The lowest BCUT2D eigenvalue weighted by molar-refractivity contribution is -0.149. The molecule has 0 saturated carbocycles. The maximum Gasteiger partial charge on any atom is 0.262 e. The molecule has 0 saturated heterocycles. The van der Waals surface area contributed by atoms with Gasteiger partial charge in [0.25, 0.3) is 5.91 Å². The smallest absolute Gasteiger partial charge is 0.262 e. The van der Waals surface area contributed by atoms with Gasteiger partial charge in [-0.25, -0.2) is 4.99 Å². The van der Waals surface area contributed by atoms with Gasteiger partial charge in [-0.3, -0.25) is 14.5 Å². The molecule has 0 radical (unpaired) electrons. The van der Waals surface area contributed by atoms with E-state index in [9.17, 15) is 9.59 Å². The van der Waals surface area contributed by atoms with E-state index in [0.717, 1.165) is 21.2 Å². The molecule has 37 heavy (non-hydrogen) atoms. The number of amides is 2. The van der Waals surface area contributed by atoms with E-state index in [2.05, 4.69) is 15.9 Å². The molecule has 2 aliphatic rings. The number of aliphatic hydroxyl groups is 1. The number of carbonyl (C=O) groups excluding carboxylic acids is 2. The van der Waals surface area contributed by atoms with E-state index < -0.39 is 11.6 Å². The normalized spacial score (nSPS) is 20.7. The van der Waals surface area contributed by atoms with Gasteiger partial charge in [-0.15, -0.1) is 0 Å². The van der Waals surface area contributed by atoms with Gasteiger partial charge in [-0.1, -0.05) is 58.4 Å². The third-order valence-electron chi connectivity index (χ3n) is 6.73. The second-order valence-electron chi connectivity index (χ2n) is 9.17. The highest BCUT2D eigenvalue weighted by Gasteiger charge is 2.57. The number of halogens is 1. The number of hydrogen-bond acceptors (Lipinski definition) is 6. The molecular weight excluding hydrogens is 536 g/mol. The molecule has 2 atom stereocenters. The standard InChI is InChI=1S/C29H27BrN2O5/c1-19(34)32-18-22-8-3-2-7-21(22)17-29(28(32)35)26(24-9-4-5-10-25(24)30)37-27(31-29)20-11-13-23(14-12-20)36-16-6-15-33/h2-5,7-14,26,33H,6,15-18H2,1H3/t26-,29-/m1/s1. The predicted octanol–water partition coefficient (Wildman–Crippen LogP) is 4.60. The number of nitrogens with zero attached hydrogens (tertiary/aromatic N) is 2. The first-order valence-electron chi connectivity index (χ1n) is 12.2. The lowest BCUT2D eigenvalue weighted by Gasteiger charge is -2.32. The van der Waals surface area contributed by atoms with E-state index in [4.69, 9.17) is 19.6 Å². The molecule has 5 rings (SSSR count). The number of aliphatic hydroxyl groups excluding tert-OH is 1. The number of aliphatic imine (C=N–C) groups is 1. The molecule has 0 bridgehead atoms. The Balaban J connectivity index is 1.62. The van der Waals surface area contributed by atoms with Crippen LogP contribution in [-0.2, 0) is 27.3 Å². The fourth-order valence-corrected chi connectivity index (χ4v) is 5.33. The first-order valence-corrected chi connectivity index (χ1v) is 13.0. The molecule has 1 spiro atoms. The molecule has 2 amide bonds. The van der Waals surface area contributed by atoms with E-state index >= 15 is 0 Å². The van der Waals surface area contributed by atoms with Crippen molar-refractivity contribution in [2.24, 2.45) is 4.99 Å². The molecule has 0 unspecified atom stereocenters. The average Bonchev–Trinajstić information content (AvgIpc) is 3.22. The fourth-order valence-electron chi connectivity index (χ4n) is 4.84. The zero-order valence-electron chi connectivity index (χ0n) is 20.4. The molecule has 2 heterocycles. The Kier molecular flexibility index (Phi) is 7.13. The van der Waals surface area contributed by atoms with Crippen molar-refractivity contribution in [2.75, 3.05) is 13.2 Å². The van der Waals surface area contributed by atoms with Crippen molar-refractivity contribution < 1.29 is 24.2 Å². The van der Waals surface area contributed by atoms with Gasteiger partial charge in [0.1, 0.15) is 5.75 Å². The first-order chi connectivity index (χ1) is 17.9. The molecule has 190 valence electrons. The molecule has 7 nitrogen and oxygen atoms in total. The lowest BCUT2D eigenvalue weighted by atomic mass is 9.82. The van der Waals surface area contributed by atoms with Crippen LogP contribution in [0.4, 0.5) is 0 Å². The largest absolute Gasteiger partial charge is 0.494 e. The van der Waals surface area contributed by atoms with Gasteiger partial charge in [0.15, 0.2) is 11.6 Å². The van der Waals surface area contributed by atoms with Crippen LogP contribution in [0.25, 0.3) is 0 Å². The summed E-state index contributed by atoms with van der Waals surface area (Å²) in [6.07, 6.45) is 0.0900. The van der Waals surface area contributed by atoms with Crippen LogP contribution < -0.4 is 4.74 Å². The van der Waals surface area contributed by atoms with Gasteiger partial charge in [-0.05, 0) is 41.5 Å². The highest BCUT2D eigenvalue weighted by molar-refractivity contribution is 9.10. The topological polar surface area (TPSA) is 88.4 Å². The van der Waals surface area contributed by atoms with Crippen molar-refractivity contribution >= 4 is 33.6 Å². The number of hydrogen-bond donors (Lipinski definition) is 1. The van der Waals surface area contributed by atoms with E-state index in [1.807, 2.05) is 72.8 Å². The number of benzene rings is 3. The Morgan fingerprint density at radius 2 is 1.81 bits per heavy atom. The van der Waals surface area contributed by atoms with Crippen LogP contribution in [0.2, 0.25) is 0 Å². The van der Waals surface area contributed by atoms with Gasteiger partial charge in [0.05, 0.1) is 13.2 Å². The summed E-state index contributed by atoms with van der Waals surface area (Å²) in [5.41, 5.74) is 1.98. The summed E-state index contributed by atoms with van der Waals surface area (Å²) in [5, 5.41) is 8.98. The maximum atomic E-state index is 14.2. The van der Waals surface area contributed by atoms with Crippen LogP contribution in [0.5, 0.6) is 5.75 Å². The lowest BCUT2D eigenvalue weighted by Crippen LogP contribution is -2.51. The first kappa shape index (κ1) is 25.2. The number of ether oxygens (including phenoxy) is 2. The Morgan fingerprint density at radius 1 is 1.11 bits per heavy atom. The van der Waals surface area contributed by atoms with E-state index in [-0.39, 0.29) is 25.0 Å². The zero-order valence-corrected chi connectivity index (χ0v) is 22.0. The van der Waals surface area contributed by atoms with E-state index in [1.54, 1.807) is 0 Å². The van der Waals surface area contributed by atoms with E-state index in [0.29, 0.717) is 36.7 Å². The molecule has 1 N–H and O–H groups in total. The zero-order chi connectivity index (χ0) is 26.0. The molecule has 3 aromatic carbocycles. The second kappa shape index (κ2) is 10.5. The molecule has 0 aromatic heterocycles. The second-order valence-corrected chi connectivity index (χ2v) is 10.0. The number of rotatable bonds is 6. The fraction of sp³-hybridized carbons (Fsp3) is 0.276. The quantitative estimate of drug-likeness (QED) is 0.443. The van der Waals surface area contributed by atoms with Gasteiger partial charge >= 0.3 is 0 Å². The summed E-state index contributed by atoms with van der Waals surface area (Å²) < 4.78 is 12.9. The third kappa shape index (κ3) is 4.79. The summed E-state index contributed by atoms with van der Waals surface area (Å²) in [4.78, 5) is 33.2. The molecule has 2 aliphatic heterocycles. The summed E-state index contributed by atoms with van der Waals surface area (Å²) in [6.45, 7) is 2.08. The van der Waals surface area contributed by atoms with Gasteiger partial charge < -0.3 is 14.6 Å². The number of carbonyl (C=O) groups is 2. The van der Waals surface area contributed by atoms with Crippen LogP contribution in [-0.4, -0.2) is 46.5 Å². The Bertz CT molecular complexity index is 1360. The number of imide groups is 1. The maximum absolute atomic E-state index is 14.2. The van der Waals surface area contributed by atoms with Gasteiger partial charge in [-0.2, -0.15) is 0 Å². The Morgan fingerprint density at radius 3 is 2.51 bits per heavy atom. The van der Waals surface area contributed by atoms with Crippen molar-refractivity contribution in [3.8, 4) is 5.75 Å². The minimum absolute atomic E-state index is 0.0652. The predicted molar refractivity (Wildman–Crippen MR) is 142 cm³/mol. The minimum atomic E-state index is -1.37. The van der Waals surface area contributed by atoms with Crippen molar-refractivity contribution in [1.29, 1.82) is 0 Å².